The molecule has 0 atom stereocenters. The summed E-state index contributed by atoms with van der Waals surface area (Å²) in [6.45, 7) is 3.85. The number of nitrogen functional groups attached to an aromatic ring is 1. The second-order valence-electron chi connectivity index (χ2n) is 2.07. The van der Waals surface area contributed by atoms with Crippen molar-refractivity contribution in [2.24, 2.45) is 0 Å². The highest BCUT2D eigenvalue weighted by Crippen LogP contribution is 2.12. The molecule has 0 saturated heterocycles. The maximum absolute atomic E-state index is 5.40. The van der Waals surface area contributed by atoms with E-state index in [1.165, 1.54) is 0 Å². The average Bonchev–Trinajstić information content (AvgIpc) is 1.82. The Hall–Kier alpha value is -0.390. The van der Waals surface area contributed by atoms with Crippen molar-refractivity contribution in [3.05, 3.63) is 15.0 Å². The molecule has 0 bridgehead atoms. The third kappa shape index (κ3) is 1.36. The smallest absolute Gasteiger partial charge is 0.220 e. The van der Waals surface area contributed by atoms with Crippen LogP contribution in [0, 0.1) is 17.4 Å². The molecule has 3 nitrogen and oxygen atoms in total. The first kappa shape index (κ1) is 7.71. The number of rotatable bonds is 0. The van der Waals surface area contributed by atoms with Crippen LogP contribution in [-0.2, 0) is 0 Å². The molecule has 0 radical (unpaired) electrons. The largest absolute Gasteiger partial charge is 0.368 e. The molecule has 10 heavy (non-hydrogen) atoms. The van der Waals surface area contributed by atoms with E-state index in [-0.39, 0.29) is 0 Å². The molecule has 54 valence electrons. The summed E-state index contributed by atoms with van der Waals surface area (Å²) >= 11 is 2.20. The van der Waals surface area contributed by atoms with Crippen molar-refractivity contribution in [3.8, 4) is 0 Å². The van der Waals surface area contributed by atoms with Crippen LogP contribution in [0.5, 0.6) is 0 Å². The van der Waals surface area contributed by atoms with Gasteiger partial charge in [-0.15, -0.1) is 0 Å². The highest BCUT2D eigenvalue weighted by molar-refractivity contribution is 14.1. The minimum atomic E-state index is 0.357. The van der Waals surface area contributed by atoms with Crippen LogP contribution in [0.25, 0.3) is 0 Å². The third-order valence-corrected chi connectivity index (χ3v) is 2.76. The standard InChI is InChI=1S/C6H8IN3/c1-3-5(7)4(2)10-6(8)9-3/h1-2H3,(H2,8,9,10). The van der Waals surface area contributed by atoms with Crippen LogP contribution < -0.4 is 5.73 Å². The van der Waals surface area contributed by atoms with E-state index in [9.17, 15) is 0 Å². The molecule has 4 heteroatoms. The molecule has 0 amide bonds. The van der Waals surface area contributed by atoms with Crippen molar-refractivity contribution in [2.45, 2.75) is 13.8 Å². The van der Waals surface area contributed by atoms with Gasteiger partial charge in [-0.1, -0.05) is 0 Å². The molecule has 0 fully saturated rings. The molecule has 0 spiro atoms. The van der Waals surface area contributed by atoms with Gasteiger partial charge >= 0.3 is 0 Å². The van der Waals surface area contributed by atoms with Crippen LogP contribution in [0.4, 0.5) is 5.95 Å². The van der Waals surface area contributed by atoms with Gasteiger partial charge in [0.25, 0.3) is 0 Å². The summed E-state index contributed by atoms with van der Waals surface area (Å²) in [6.07, 6.45) is 0. The number of halogens is 1. The molecule has 1 aromatic heterocycles. The van der Waals surface area contributed by atoms with Gasteiger partial charge in [-0.2, -0.15) is 0 Å². The van der Waals surface area contributed by atoms with Gasteiger partial charge in [0.2, 0.25) is 5.95 Å². The quantitative estimate of drug-likeness (QED) is 0.704. The van der Waals surface area contributed by atoms with Gasteiger partial charge in [0, 0.05) is 0 Å². The summed E-state index contributed by atoms with van der Waals surface area (Å²) in [5, 5.41) is 0. The molecule has 0 aliphatic rings. The summed E-state index contributed by atoms with van der Waals surface area (Å²) in [6, 6.07) is 0. The van der Waals surface area contributed by atoms with Crippen molar-refractivity contribution in [3.63, 3.8) is 0 Å². The van der Waals surface area contributed by atoms with Crippen LogP contribution in [0.15, 0.2) is 0 Å². The number of anilines is 1. The Bertz CT molecular complexity index is 236. The Kier molecular flexibility index (Phi) is 2.08. The van der Waals surface area contributed by atoms with Gasteiger partial charge in [0.15, 0.2) is 0 Å². The van der Waals surface area contributed by atoms with Crippen molar-refractivity contribution in [1.82, 2.24) is 9.97 Å². The van der Waals surface area contributed by atoms with Gasteiger partial charge in [-0.3, -0.25) is 0 Å². The lowest BCUT2D eigenvalue weighted by Gasteiger charge is -2.00. The van der Waals surface area contributed by atoms with E-state index in [4.69, 9.17) is 5.73 Å². The number of nitrogens with zero attached hydrogens (tertiary/aromatic N) is 2. The van der Waals surface area contributed by atoms with Gasteiger partial charge in [-0.05, 0) is 36.4 Å². The first-order valence-corrected chi connectivity index (χ1v) is 3.95. The van der Waals surface area contributed by atoms with Gasteiger partial charge in [0.1, 0.15) is 0 Å². The molecule has 0 aliphatic heterocycles. The number of aromatic nitrogens is 2. The Morgan fingerprint density at radius 3 is 2.00 bits per heavy atom. The zero-order chi connectivity index (χ0) is 7.72. The molecule has 0 unspecified atom stereocenters. The number of hydrogen-bond acceptors (Lipinski definition) is 3. The summed E-state index contributed by atoms with van der Waals surface area (Å²) in [5.41, 5.74) is 7.30. The summed E-state index contributed by atoms with van der Waals surface area (Å²) < 4.78 is 1.09. The van der Waals surface area contributed by atoms with Crippen LogP contribution in [-0.4, -0.2) is 9.97 Å². The molecular formula is C6H8IN3. The normalized spacial score (nSPS) is 9.90. The molecule has 1 heterocycles. The molecule has 0 saturated carbocycles. The minimum absolute atomic E-state index is 0.357. The molecule has 1 rings (SSSR count). The predicted octanol–water partition coefficient (Wildman–Crippen LogP) is 1.28. The van der Waals surface area contributed by atoms with E-state index in [2.05, 4.69) is 32.6 Å². The van der Waals surface area contributed by atoms with E-state index >= 15 is 0 Å². The zero-order valence-corrected chi connectivity index (χ0v) is 8.01. The topological polar surface area (TPSA) is 51.8 Å². The Balaban J connectivity index is 3.31. The molecule has 0 aromatic carbocycles. The molecular weight excluding hydrogens is 241 g/mol. The van der Waals surface area contributed by atoms with Crippen molar-refractivity contribution >= 4 is 28.5 Å². The number of hydrogen-bond donors (Lipinski definition) is 1. The van der Waals surface area contributed by atoms with Crippen molar-refractivity contribution in [2.75, 3.05) is 5.73 Å². The van der Waals surface area contributed by atoms with E-state index in [1.54, 1.807) is 0 Å². The van der Waals surface area contributed by atoms with Crippen molar-refractivity contribution in [1.29, 1.82) is 0 Å². The van der Waals surface area contributed by atoms with Gasteiger partial charge < -0.3 is 5.73 Å². The average molecular weight is 249 g/mol. The minimum Gasteiger partial charge on any atom is -0.368 e. The Labute approximate surface area is 73.2 Å². The van der Waals surface area contributed by atoms with Crippen molar-refractivity contribution < 1.29 is 0 Å². The fraction of sp³-hybridized carbons (Fsp3) is 0.333. The maximum Gasteiger partial charge on any atom is 0.220 e. The van der Waals surface area contributed by atoms with Crippen LogP contribution in [0.1, 0.15) is 11.4 Å². The lowest BCUT2D eigenvalue weighted by Crippen LogP contribution is -2.01. The predicted molar refractivity (Wildman–Crippen MR) is 48.6 cm³/mol. The van der Waals surface area contributed by atoms with Gasteiger partial charge in [-0.25, -0.2) is 9.97 Å². The first-order chi connectivity index (χ1) is 4.61. The first-order valence-electron chi connectivity index (χ1n) is 2.87. The third-order valence-electron chi connectivity index (χ3n) is 1.20. The monoisotopic (exact) mass is 249 g/mol. The second-order valence-corrected chi connectivity index (χ2v) is 3.15. The Morgan fingerprint density at radius 2 is 1.60 bits per heavy atom. The lowest BCUT2D eigenvalue weighted by atomic mass is 10.4. The van der Waals surface area contributed by atoms with E-state index in [0.29, 0.717) is 5.95 Å². The second kappa shape index (κ2) is 2.69. The highest BCUT2D eigenvalue weighted by Gasteiger charge is 2.01. The summed E-state index contributed by atoms with van der Waals surface area (Å²) in [4.78, 5) is 7.99. The van der Waals surface area contributed by atoms with Crippen LogP contribution in [0.2, 0.25) is 0 Å². The lowest BCUT2D eigenvalue weighted by molar-refractivity contribution is 1.05. The molecule has 2 N–H and O–H groups in total. The molecule has 1 aromatic rings. The zero-order valence-electron chi connectivity index (χ0n) is 5.85. The summed E-state index contributed by atoms with van der Waals surface area (Å²) in [7, 11) is 0. The van der Waals surface area contributed by atoms with E-state index in [1.807, 2.05) is 13.8 Å². The van der Waals surface area contributed by atoms with Gasteiger partial charge in [0.05, 0.1) is 15.0 Å². The number of nitrogens with two attached hydrogens (primary N) is 1. The van der Waals surface area contributed by atoms with Crippen LogP contribution in [0.3, 0.4) is 0 Å². The maximum atomic E-state index is 5.40. The summed E-state index contributed by atoms with van der Waals surface area (Å²) in [5.74, 6) is 0.357. The van der Waals surface area contributed by atoms with Crippen LogP contribution >= 0.6 is 22.6 Å². The Morgan fingerprint density at radius 1 is 1.20 bits per heavy atom. The van der Waals surface area contributed by atoms with E-state index in [0.717, 1.165) is 15.0 Å². The molecule has 0 aliphatic carbocycles. The van der Waals surface area contributed by atoms with E-state index < -0.39 is 0 Å². The SMILES string of the molecule is Cc1nc(N)nc(C)c1I. The fourth-order valence-electron chi connectivity index (χ4n) is 0.729. The number of aryl methyl sites for hydroxylation is 2. The highest BCUT2D eigenvalue weighted by atomic mass is 127. The fourth-order valence-corrected chi connectivity index (χ4v) is 0.970.